The number of aromatic nitrogens is 2. The SMILES string of the molecule is CC(=O)c1cccc(NC(=O)C(C)n2nc(-c3ccco3)oc2=O)c1. The molecule has 0 aliphatic rings. The molecule has 0 spiro atoms. The predicted molar refractivity (Wildman–Crippen MR) is 88.3 cm³/mol. The van der Waals surface area contributed by atoms with E-state index in [0.717, 1.165) is 4.68 Å². The van der Waals surface area contributed by atoms with Gasteiger partial charge in [-0.2, -0.15) is 4.68 Å². The highest BCUT2D eigenvalue weighted by Gasteiger charge is 2.22. The third-order valence-corrected chi connectivity index (χ3v) is 3.58. The number of Topliss-reactive ketones (excluding diaryl/α,β-unsaturated/α-hetero) is 1. The zero-order chi connectivity index (χ0) is 18.0. The fourth-order valence-electron chi connectivity index (χ4n) is 2.21. The van der Waals surface area contributed by atoms with Gasteiger partial charge < -0.3 is 14.2 Å². The standard InChI is InChI=1S/C17H15N3O5/c1-10(15(22)18-13-6-3-5-12(9-13)11(2)21)20-17(23)25-16(19-20)14-7-4-8-24-14/h3-10H,1-2H3,(H,18,22). The fraction of sp³-hybridized carbons (Fsp3) is 0.176. The number of anilines is 1. The lowest BCUT2D eigenvalue weighted by Crippen LogP contribution is -2.30. The summed E-state index contributed by atoms with van der Waals surface area (Å²) in [6.07, 6.45) is 1.42. The van der Waals surface area contributed by atoms with Crippen molar-refractivity contribution < 1.29 is 18.4 Å². The number of rotatable bonds is 5. The van der Waals surface area contributed by atoms with Crippen LogP contribution in [0.2, 0.25) is 0 Å². The maximum Gasteiger partial charge on any atom is 0.438 e. The molecule has 8 nitrogen and oxygen atoms in total. The molecule has 8 heteroatoms. The average Bonchev–Trinajstić information content (AvgIpc) is 3.23. The summed E-state index contributed by atoms with van der Waals surface area (Å²) in [6.45, 7) is 2.95. The zero-order valence-corrected chi connectivity index (χ0v) is 13.6. The van der Waals surface area contributed by atoms with Gasteiger partial charge in [-0.15, -0.1) is 5.10 Å². The van der Waals surface area contributed by atoms with E-state index in [2.05, 4.69) is 10.4 Å². The Hall–Kier alpha value is -3.42. The van der Waals surface area contributed by atoms with E-state index in [4.69, 9.17) is 8.83 Å². The summed E-state index contributed by atoms with van der Waals surface area (Å²) in [6, 6.07) is 8.83. The second-order valence-corrected chi connectivity index (χ2v) is 5.40. The molecule has 1 unspecified atom stereocenters. The summed E-state index contributed by atoms with van der Waals surface area (Å²) in [4.78, 5) is 35.7. The van der Waals surface area contributed by atoms with Crippen LogP contribution in [0.4, 0.5) is 5.69 Å². The topological polar surface area (TPSA) is 107 Å². The fourth-order valence-corrected chi connectivity index (χ4v) is 2.21. The van der Waals surface area contributed by atoms with Gasteiger partial charge in [0.2, 0.25) is 5.91 Å². The van der Waals surface area contributed by atoms with E-state index in [-0.39, 0.29) is 17.4 Å². The lowest BCUT2D eigenvalue weighted by Gasteiger charge is -2.11. The summed E-state index contributed by atoms with van der Waals surface area (Å²) in [5.74, 6) is -1.07. The van der Waals surface area contributed by atoms with E-state index in [1.807, 2.05) is 0 Å². The highest BCUT2D eigenvalue weighted by Crippen LogP contribution is 2.17. The first-order valence-electron chi connectivity index (χ1n) is 7.51. The van der Waals surface area contributed by atoms with Gasteiger partial charge in [0.25, 0.3) is 5.89 Å². The van der Waals surface area contributed by atoms with Crippen LogP contribution in [0.25, 0.3) is 11.7 Å². The van der Waals surface area contributed by atoms with Gasteiger partial charge in [-0.1, -0.05) is 12.1 Å². The third kappa shape index (κ3) is 3.42. The Morgan fingerprint density at radius 1 is 1.24 bits per heavy atom. The predicted octanol–water partition coefficient (Wildman–Crippen LogP) is 2.50. The maximum absolute atomic E-state index is 12.4. The van der Waals surface area contributed by atoms with Crippen molar-refractivity contribution in [3.05, 3.63) is 58.8 Å². The van der Waals surface area contributed by atoms with Gasteiger partial charge in [0.1, 0.15) is 6.04 Å². The number of carbonyl (C=O) groups is 2. The Bertz CT molecular complexity index is 968. The second-order valence-electron chi connectivity index (χ2n) is 5.40. The van der Waals surface area contributed by atoms with Crippen molar-refractivity contribution in [3.63, 3.8) is 0 Å². The lowest BCUT2D eigenvalue weighted by molar-refractivity contribution is -0.119. The molecule has 128 valence electrons. The molecule has 1 amide bonds. The minimum absolute atomic E-state index is 0.00627. The molecule has 0 bridgehead atoms. The van der Waals surface area contributed by atoms with Crippen LogP contribution in [0.1, 0.15) is 30.2 Å². The van der Waals surface area contributed by atoms with Crippen molar-refractivity contribution in [2.24, 2.45) is 0 Å². The molecule has 25 heavy (non-hydrogen) atoms. The van der Waals surface area contributed by atoms with Crippen molar-refractivity contribution in [2.45, 2.75) is 19.9 Å². The van der Waals surface area contributed by atoms with Gasteiger partial charge in [-0.05, 0) is 38.1 Å². The van der Waals surface area contributed by atoms with Crippen LogP contribution in [-0.2, 0) is 4.79 Å². The number of carbonyl (C=O) groups excluding carboxylic acids is 2. The summed E-state index contributed by atoms with van der Waals surface area (Å²) in [7, 11) is 0. The van der Waals surface area contributed by atoms with Crippen LogP contribution in [0, 0.1) is 0 Å². The maximum atomic E-state index is 12.4. The Morgan fingerprint density at radius 3 is 2.72 bits per heavy atom. The highest BCUT2D eigenvalue weighted by atomic mass is 16.4. The van der Waals surface area contributed by atoms with Crippen molar-refractivity contribution in [2.75, 3.05) is 5.32 Å². The van der Waals surface area contributed by atoms with E-state index >= 15 is 0 Å². The minimum Gasteiger partial charge on any atom is -0.459 e. The number of amides is 1. The molecule has 1 N–H and O–H groups in total. The van der Waals surface area contributed by atoms with Gasteiger partial charge >= 0.3 is 5.76 Å². The minimum atomic E-state index is -0.916. The molecule has 0 radical (unpaired) electrons. The molecule has 1 atom stereocenters. The summed E-state index contributed by atoms with van der Waals surface area (Å²) in [5.41, 5.74) is 0.927. The van der Waals surface area contributed by atoms with Crippen LogP contribution in [-0.4, -0.2) is 21.5 Å². The number of nitrogens with zero attached hydrogens (tertiary/aromatic N) is 2. The van der Waals surface area contributed by atoms with Crippen molar-refractivity contribution in [1.82, 2.24) is 9.78 Å². The number of ketones is 1. The van der Waals surface area contributed by atoms with Crippen LogP contribution in [0.5, 0.6) is 0 Å². The molecular formula is C17H15N3O5. The van der Waals surface area contributed by atoms with Crippen molar-refractivity contribution >= 4 is 17.4 Å². The first-order chi connectivity index (χ1) is 12.0. The number of nitrogens with one attached hydrogen (secondary N) is 1. The Balaban J connectivity index is 1.80. The number of furan rings is 1. The Labute approximate surface area is 142 Å². The first kappa shape index (κ1) is 16.4. The number of hydrogen-bond acceptors (Lipinski definition) is 6. The molecule has 0 saturated heterocycles. The molecule has 3 rings (SSSR count). The quantitative estimate of drug-likeness (QED) is 0.714. The van der Waals surface area contributed by atoms with E-state index in [1.165, 1.54) is 20.1 Å². The van der Waals surface area contributed by atoms with E-state index in [0.29, 0.717) is 11.3 Å². The molecule has 1 aromatic carbocycles. The average molecular weight is 341 g/mol. The van der Waals surface area contributed by atoms with Crippen molar-refractivity contribution in [1.29, 1.82) is 0 Å². The Kier molecular flexibility index (Phi) is 4.34. The number of benzene rings is 1. The van der Waals surface area contributed by atoms with Crippen LogP contribution >= 0.6 is 0 Å². The largest absolute Gasteiger partial charge is 0.459 e. The highest BCUT2D eigenvalue weighted by molar-refractivity contribution is 5.97. The van der Waals surface area contributed by atoms with Gasteiger partial charge in [0.05, 0.1) is 6.26 Å². The first-order valence-corrected chi connectivity index (χ1v) is 7.51. The van der Waals surface area contributed by atoms with Gasteiger partial charge in [-0.25, -0.2) is 4.79 Å². The van der Waals surface area contributed by atoms with Crippen LogP contribution in [0.15, 0.2) is 56.3 Å². The van der Waals surface area contributed by atoms with Gasteiger partial charge in [-0.3, -0.25) is 9.59 Å². The smallest absolute Gasteiger partial charge is 0.438 e. The molecule has 0 saturated carbocycles. The lowest BCUT2D eigenvalue weighted by atomic mass is 10.1. The summed E-state index contributed by atoms with van der Waals surface area (Å²) < 4.78 is 11.1. The molecule has 3 aromatic rings. The molecule has 0 fully saturated rings. The normalized spacial score (nSPS) is 11.9. The zero-order valence-electron chi connectivity index (χ0n) is 13.6. The van der Waals surface area contributed by atoms with E-state index in [1.54, 1.807) is 36.4 Å². The third-order valence-electron chi connectivity index (χ3n) is 3.58. The molecule has 2 heterocycles. The van der Waals surface area contributed by atoms with Crippen molar-refractivity contribution in [3.8, 4) is 11.7 Å². The number of hydrogen-bond donors (Lipinski definition) is 1. The monoisotopic (exact) mass is 341 g/mol. The van der Waals surface area contributed by atoms with Gasteiger partial charge in [0.15, 0.2) is 11.5 Å². The Morgan fingerprint density at radius 2 is 2.04 bits per heavy atom. The summed E-state index contributed by atoms with van der Waals surface area (Å²) >= 11 is 0. The molecular weight excluding hydrogens is 326 g/mol. The second kappa shape index (κ2) is 6.60. The molecule has 2 aromatic heterocycles. The van der Waals surface area contributed by atoms with Crippen LogP contribution in [0.3, 0.4) is 0 Å². The van der Waals surface area contributed by atoms with Crippen LogP contribution < -0.4 is 11.1 Å². The molecule has 0 aliphatic heterocycles. The summed E-state index contributed by atoms with van der Waals surface area (Å²) in [5, 5.41) is 6.64. The van der Waals surface area contributed by atoms with Gasteiger partial charge in [0, 0.05) is 11.3 Å². The molecule has 0 aliphatic carbocycles. The van der Waals surface area contributed by atoms with E-state index < -0.39 is 17.7 Å². The van der Waals surface area contributed by atoms with E-state index in [9.17, 15) is 14.4 Å².